The number of hydrogen-bond acceptors (Lipinski definition) is 5. The van der Waals surface area contributed by atoms with Crippen molar-refractivity contribution in [3.63, 3.8) is 0 Å². The molecule has 0 atom stereocenters. The highest BCUT2D eigenvalue weighted by molar-refractivity contribution is 5.84. The second-order valence-electron chi connectivity index (χ2n) is 6.10. The van der Waals surface area contributed by atoms with Crippen LogP contribution in [0.2, 0.25) is 0 Å². The van der Waals surface area contributed by atoms with E-state index in [-0.39, 0.29) is 0 Å². The lowest BCUT2D eigenvalue weighted by Gasteiger charge is -2.11. The van der Waals surface area contributed by atoms with Crippen molar-refractivity contribution in [2.75, 3.05) is 19.5 Å². The van der Waals surface area contributed by atoms with Gasteiger partial charge in [-0.15, -0.1) is 0 Å². The molecule has 0 aliphatic carbocycles. The zero-order valence-corrected chi connectivity index (χ0v) is 16.3. The van der Waals surface area contributed by atoms with Crippen LogP contribution in [-0.4, -0.2) is 31.2 Å². The van der Waals surface area contributed by atoms with E-state index in [2.05, 4.69) is 30.7 Å². The number of anilines is 1. The van der Waals surface area contributed by atoms with E-state index in [1.807, 2.05) is 54.6 Å². The van der Waals surface area contributed by atoms with E-state index < -0.39 is 6.09 Å². The SMILES string of the molecule is CN=C(NCc1ccc(NC(=O)OC)cc1)NCc1coc(-c2ccccc2)n1. The topological polar surface area (TPSA) is 101 Å². The summed E-state index contributed by atoms with van der Waals surface area (Å²) >= 11 is 0. The maximum atomic E-state index is 11.2. The summed E-state index contributed by atoms with van der Waals surface area (Å²) in [6.07, 6.45) is 1.14. The monoisotopic (exact) mass is 393 g/mol. The van der Waals surface area contributed by atoms with Crippen molar-refractivity contribution in [1.82, 2.24) is 15.6 Å². The van der Waals surface area contributed by atoms with Crippen LogP contribution in [0.4, 0.5) is 10.5 Å². The molecule has 2 aromatic carbocycles. The van der Waals surface area contributed by atoms with Crippen LogP contribution < -0.4 is 16.0 Å². The Morgan fingerprint density at radius 3 is 2.48 bits per heavy atom. The van der Waals surface area contributed by atoms with Gasteiger partial charge in [0.2, 0.25) is 5.89 Å². The van der Waals surface area contributed by atoms with Gasteiger partial charge in [-0.1, -0.05) is 30.3 Å². The van der Waals surface area contributed by atoms with Crippen LogP contribution in [-0.2, 0) is 17.8 Å². The minimum Gasteiger partial charge on any atom is -0.453 e. The molecule has 0 fully saturated rings. The average molecular weight is 393 g/mol. The van der Waals surface area contributed by atoms with E-state index in [1.165, 1.54) is 7.11 Å². The molecule has 0 unspecified atom stereocenters. The molecule has 0 aliphatic heterocycles. The van der Waals surface area contributed by atoms with Crippen molar-refractivity contribution in [3.8, 4) is 11.5 Å². The first kappa shape index (κ1) is 19.9. The van der Waals surface area contributed by atoms with Crippen LogP contribution in [0.3, 0.4) is 0 Å². The van der Waals surface area contributed by atoms with Crippen LogP contribution in [0.15, 0.2) is 70.3 Å². The van der Waals surface area contributed by atoms with Gasteiger partial charge in [0.1, 0.15) is 6.26 Å². The third kappa shape index (κ3) is 5.83. The Kier molecular flexibility index (Phi) is 6.83. The molecule has 1 aromatic heterocycles. The molecule has 8 heteroatoms. The number of carbonyl (C=O) groups excluding carboxylic acids is 1. The van der Waals surface area contributed by atoms with Gasteiger partial charge in [0.25, 0.3) is 0 Å². The molecule has 29 heavy (non-hydrogen) atoms. The number of ether oxygens (including phenoxy) is 1. The second kappa shape index (κ2) is 9.93. The Balaban J connectivity index is 1.49. The normalized spacial score (nSPS) is 11.0. The molecule has 150 valence electrons. The quantitative estimate of drug-likeness (QED) is 0.438. The lowest BCUT2D eigenvalue weighted by molar-refractivity contribution is 0.187. The first-order chi connectivity index (χ1) is 14.2. The molecule has 8 nitrogen and oxygen atoms in total. The van der Waals surface area contributed by atoms with Gasteiger partial charge >= 0.3 is 6.09 Å². The van der Waals surface area contributed by atoms with Gasteiger partial charge < -0.3 is 19.8 Å². The van der Waals surface area contributed by atoms with Gasteiger partial charge in [-0.05, 0) is 29.8 Å². The number of amides is 1. The standard InChI is InChI=1S/C21H23N5O3/c1-22-20(23-12-15-8-10-17(11-9-15)26-21(27)28-2)24-13-18-14-29-19(25-18)16-6-4-3-5-7-16/h3-11,14H,12-13H2,1-2H3,(H,26,27)(H2,22,23,24). The second-order valence-corrected chi connectivity index (χ2v) is 6.10. The number of carbonyl (C=O) groups is 1. The molecule has 0 spiro atoms. The predicted molar refractivity (Wildman–Crippen MR) is 111 cm³/mol. The Hall–Kier alpha value is -3.81. The summed E-state index contributed by atoms with van der Waals surface area (Å²) in [6.45, 7) is 1.06. The molecule has 0 saturated carbocycles. The molecule has 1 amide bonds. The zero-order chi connectivity index (χ0) is 20.5. The number of hydrogen-bond donors (Lipinski definition) is 3. The van der Waals surface area contributed by atoms with Crippen LogP contribution in [0.1, 0.15) is 11.3 Å². The Morgan fingerprint density at radius 2 is 1.79 bits per heavy atom. The van der Waals surface area contributed by atoms with Crippen LogP contribution in [0.25, 0.3) is 11.5 Å². The molecule has 0 saturated heterocycles. The lowest BCUT2D eigenvalue weighted by Crippen LogP contribution is -2.36. The van der Waals surface area contributed by atoms with Crippen molar-refractivity contribution in [1.29, 1.82) is 0 Å². The van der Waals surface area contributed by atoms with E-state index in [0.29, 0.717) is 30.6 Å². The number of rotatable bonds is 6. The van der Waals surface area contributed by atoms with Crippen LogP contribution >= 0.6 is 0 Å². The molecule has 0 bridgehead atoms. The van der Waals surface area contributed by atoms with Gasteiger partial charge in [-0.25, -0.2) is 9.78 Å². The third-order valence-electron chi connectivity index (χ3n) is 4.08. The first-order valence-electron chi connectivity index (χ1n) is 9.06. The highest BCUT2D eigenvalue weighted by Crippen LogP contribution is 2.17. The van der Waals surface area contributed by atoms with E-state index in [0.717, 1.165) is 16.8 Å². The summed E-state index contributed by atoms with van der Waals surface area (Å²) < 4.78 is 10.1. The summed E-state index contributed by atoms with van der Waals surface area (Å²) in [6, 6.07) is 17.2. The number of nitrogens with zero attached hydrogens (tertiary/aromatic N) is 2. The number of aromatic nitrogens is 1. The van der Waals surface area contributed by atoms with Crippen molar-refractivity contribution in [2.45, 2.75) is 13.1 Å². The molecule has 3 N–H and O–H groups in total. The highest BCUT2D eigenvalue weighted by Gasteiger charge is 2.07. The summed E-state index contributed by atoms with van der Waals surface area (Å²) in [7, 11) is 3.03. The van der Waals surface area contributed by atoms with Gasteiger partial charge in [0.15, 0.2) is 5.96 Å². The van der Waals surface area contributed by atoms with E-state index in [4.69, 9.17) is 4.42 Å². The van der Waals surface area contributed by atoms with Crippen LogP contribution in [0.5, 0.6) is 0 Å². The Morgan fingerprint density at radius 1 is 1.07 bits per heavy atom. The average Bonchev–Trinajstić information content (AvgIpc) is 3.24. The number of aliphatic imine (C=N–C) groups is 1. The summed E-state index contributed by atoms with van der Waals surface area (Å²) in [5, 5.41) is 9.06. The van der Waals surface area contributed by atoms with Gasteiger partial charge in [-0.3, -0.25) is 10.3 Å². The fraction of sp³-hybridized carbons (Fsp3) is 0.190. The maximum absolute atomic E-state index is 11.2. The van der Waals surface area contributed by atoms with Gasteiger partial charge in [0, 0.05) is 24.8 Å². The Bertz CT molecular complexity index is 952. The number of methoxy groups -OCH3 is 1. The predicted octanol–water partition coefficient (Wildman–Crippen LogP) is 3.39. The summed E-state index contributed by atoms with van der Waals surface area (Å²) in [5.74, 6) is 1.23. The van der Waals surface area contributed by atoms with Crippen LogP contribution in [0, 0.1) is 0 Å². The van der Waals surface area contributed by atoms with E-state index >= 15 is 0 Å². The van der Waals surface area contributed by atoms with Gasteiger partial charge in [-0.2, -0.15) is 0 Å². The fourth-order valence-electron chi connectivity index (χ4n) is 2.56. The number of guanidine groups is 1. The summed E-state index contributed by atoms with van der Waals surface area (Å²) in [5.41, 5.74) is 3.43. The smallest absolute Gasteiger partial charge is 0.411 e. The number of nitrogens with one attached hydrogen (secondary N) is 3. The Labute approximate surface area is 169 Å². The van der Waals surface area contributed by atoms with Crippen molar-refractivity contribution in [2.24, 2.45) is 4.99 Å². The molecule has 0 radical (unpaired) electrons. The largest absolute Gasteiger partial charge is 0.453 e. The molecule has 3 rings (SSSR count). The summed E-state index contributed by atoms with van der Waals surface area (Å²) in [4.78, 5) is 19.9. The zero-order valence-electron chi connectivity index (χ0n) is 16.3. The highest BCUT2D eigenvalue weighted by atomic mass is 16.5. The molecule has 0 aliphatic rings. The van der Waals surface area contributed by atoms with Gasteiger partial charge in [0.05, 0.1) is 19.3 Å². The lowest BCUT2D eigenvalue weighted by atomic mass is 10.2. The van der Waals surface area contributed by atoms with E-state index in [1.54, 1.807) is 13.3 Å². The minimum absolute atomic E-state index is 0.484. The maximum Gasteiger partial charge on any atom is 0.411 e. The number of benzene rings is 2. The number of oxazole rings is 1. The molecular formula is C21H23N5O3. The molecule has 3 aromatic rings. The van der Waals surface area contributed by atoms with Crippen molar-refractivity contribution in [3.05, 3.63) is 72.1 Å². The van der Waals surface area contributed by atoms with Crippen molar-refractivity contribution >= 4 is 17.7 Å². The van der Waals surface area contributed by atoms with E-state index in [9.17, 15) is 4.79 Å². The third-order valence-corrected chi connectivity index (χ3v) is 4.08. The fourth-order valence-corrected chi connectivity index (χ4v) is 2.56. The van der Waals surface area contributed by atoms with Crippen molar-refractivity contribution < 1.29 is 13.9 Å². The molecule has 1 heterocycles. The minimum atomic E-state index is -0.497. The first-order valence-corrected chi connectivity index (χ1v) is 9.06. The molecular weight excluding hydrogens is 370 g/mol.